The first-order chi connectivity index (χ1) is 8.60. The summed E-state index contributed by atoms with van der Waals surface area (Å²) in [6.07, 6.45) is 1.46. The summed E-state index contributed by atoms with van der Waals surface area (Å²) in [6, 6.07) is 3.87. The van der Waals surface area contributed by atoms with Crippen molar-refractivity contribution in [3.63, 3.8) is 0 Å². The Bertz CT molecular complexity index is 537. The minimum absolute atomic E-state index is 0.1000. The zero-order valence-electron chi connectivity index (χ0n) is 10.7. The molecule has 0 aromatic carbocycles. The number of rotatable bonds is 4. The van der Waals surface area contributed by atoms with Crippen LogP contribution in [0.1, 0.15) is 30.0 Å². The molecule has 6 nitrogen and oxygen atoms in total. The predicted molar refractivity (Wildman–Crippen MR) is 70.1 cm³/mol. The molecular formula is C12H17N5O. The lowest BCUT2D eigenvalue weighted by atomic mass is 10.1. The third-order valence-corrected chi connectivity index (χ3v) is 2.73. The van der Waals surface area contributed by atoms with E-state index in [4.69, 9.17) is 10.3 Å². The maximum Gasteiger partial charge on any atom is 0.145 e. The molecule has 0 aliphatic rings. The van der Waals surface area contributed by atoms with Crippen molar-refractivity contribution < 1.29 is 4.42 Å². The van der Waals surface area contributed by atoms with E-state index in [-0.39, 0.29) is 6.04 Å². The Kier molecular flexibility index (Phi) is 3.47. The quantitative estimate of drug-likeness (QED) is 0.566. The molecular weight excluding hydrogens is 230 g/mol. The van der Waals surface area contributed by atoms with Gasteiger partial charge in [0.15, 0.2) is 0 Å². The summed E-state index contributed by atoms with van der Waals surface area (Å²) in [5.74, 6) is 8.41. The first kappa shape index (κ1) is 12.4. The van der Waals surface area contributed by atoms with Gasteiger partial charge in [0.05, 0.1) is 6.04 Å². The Morgan fingerprint density at radius 3 is 2.56 bits per heavy atom. The van der Waals surface area contributed by atoms with Gasteiger partial charge in [0.25, 0.3) is 0 Å². The Morgan fingerprint density at radius 1 is 1.22 bits per heavy atom. The van der Waals surface area contributed by atoms with Crippen LogP contribution < -0.4 is 16.6 Å². The van der Waals surface area contributed by atoms with Gasteiger partial charge >= 0.3 is 0 Å². The number of nitrogen functional groups attached to an aromatic ring is 1. The molecule has 0 spiro atoms. The zero-order chi connectivity index (χ0) is 13.1. The third-order valence-electron chi connectivity index (χ3n) is 2.73. The standard InChI is InChI=1S/C12H17N5O/c1-7-4-10(9(3)18-7)8(2)16-11-5-12(17-13)15-6-14-11/h4-6,8H,13H2,1-3H3,(H2,14,15,16,17). The number of aryl methyl sites for hydroxylation is 2. The highest BCUT2D eigenvalue weighted by molar-refractivity contribution is 5.47. The highest BCUT2D eigenvalue weighted by atomic mass is 16.3. The molecule has 18 heavy (non-hydrogen) atoms. The van der Waals surface area contributed by atoms with Gasteiger partial charge in [0, 0.05) is 11.6 Å². The van der Waals surface area contributed by atoms with Crippen LogP contribution in [0.25, 0.3) is 0 Å². The summed E-state index contributed by atoms with van der Waals surface area (Å²) in [5.41, 5.74) is 3.61. The molecule has 4 N–H and O–H groups in total. The second kappa shape index (κ2) is 5.05. The topological polar surface area (TPSA) is 89.0 Å². The van der Waals surface area contributed by atoms with Crippen LogP contribution in [0.15, 0.2) is 22.9 Å². The second-order valence-corrected chi connectivity index (χ2v) is 4.17. The summed E-state index contributed by atoms with van der Waals surface area (Å²) in [6.45, 7) is 5.94. The van der Waals surface area contributed by atoms with Crippen LogP contribution in [0.5, 0.6) is 0 Å². The molecule has 6 heteroatoms. The Balaban J connectivity index is 2.15. The summed E-state index contributed by atoms with van der Waals surface area (Å²) in [4.78, 5) is 8.09. The van der Waals surface area contributed by atoms with Crippen LogP contribution in [-0.2, 0) is 0 Å². The van der Waals surface area contributed by atoms with E-state index in [1.165, 1.54) is 6.33 Å². The first-order valence-electron chi connectivity index (χ1n) is 5.72. The van der Waals surface area contributed by atoms with Crippen LogP contribution in [0.4, 0.5) is 11.6 Å². The van der Waals surface area contributed by atoms with E-state index < -0.39 is 0 Å². The average Bonchev–Trinajstić information content (AvgIpc) is 2.69. The molecule has 96 valence electrons. The van der Waals surface area contributed by atoms with Gasteiger partial charge < -0.3 is 15.2 Å². The highest BCUT2D eigenvalue weighted by Gasteiger charge is 2.13. The first-order valence-corrected chi connectivity index (χ1v) is 5.72. The Hall–Kier alpha value is -2.08. The van der Waals surface area contributed by atoms with Crippen LogP contribution >= 0.6 is 0 Å². The van der Waals surface area contributed by atoms with Crippen molar-refractivity contribution in [1.82, 2.24) is 9.97 Å². The van der Waals surface area contributed by atoms with Gasteiger partial charge in [0.2, 0.25) is 0 Å². The molecule has 0 aliphatic heterocycles. The predicted octanol–water partition coefficient (Wildman–Crippen LogP) is 2.15. The van der Waals surface area contributed by atoms with Crippen molar-refractivity contribution in [3.8, 4) is 0 Å². The highest BCUT2D eigenvalue weighted by Crippen LogP contribution is 2.24. The van der Waals surface area contributed by atoms with Gasteiger partial charge in [-0.3, -0.25) is 0 Å². The van der Waals surface area contributed by atoms with Crippen molar-refractivity contribution in [3.05, 3.63) is 35.5 Å². The Labute approximate surface area is 106 Å². The number of anilines is 2. The number of furan rings is 1. The molecule has 0 bridgehead atoms. The molecule has 0 fully saturated rings. The Morgan fingerprint density at radius 2 is 1.94 bits per heavy atom. The van der Waals surface area contributed by atoms with Gasteiger partial charge in [-0.2, -0.15) is 0 Å². The van der Waals surface area contributed by atoms with E-state index in [1.807, 2.05) is 19.9 Å². The maximum atomic E-state index is 5.51. The normalized spacial score (nSPS) is 12.2. The minimum Gasteiger partial charge on any atom is -0.466 e. The monoisotopic (exact) mass is 247 g/mol. The minimum atomic E-state index is 0.1000. The van der Waals surface area contributed by atoms with E-state index >= 15 is 0 Å². The van der Waals surface area contributed by atoms with E-state index in [0.717, 1.165) is 17.1 Å². The molecule has 1 unspecified atom stereocenters. The molecule has 0 saturated heterocycles. The smallest absolute Gasteiger partial charge is 0.145 e. The molecule has 2 heterocycles. The lowest BCUT2D eigenvalue weighted by Gasteiger charge is -2.14. The molecule has 0 amide bonds. The van der Waals surface area contributed by atoms with Gasteiger partial charge in [-0.05, 0) is 26.8 Å². The van der Waals surface area contributed by atoms with Crippen molar-refractivity contribution in [2.45, 2.75) is 26.8 Å². The molecule has 0 aliphatic carbocycles. The fraction of sp³-hybridized carbons (Fsp3) is 0.333. The number of nitrogens with one attached hydrogen (secondary N) is 2. The summed E-state index contributed by atoms with van der Waals surface area (Å²) < 4.78 is 5.51. The average molecular weight is 247 g/mol. The van der Waals surface area contributed by atoms with Gasteiger partial charge in [-0.25, -0.2) is 15.8 Å². The van der Waals surface area contributed by atoms with Gasteiger partial charge in [-0.15, -0.1) is 0 Å². The SMILES string of the molecule is Cc1cc(C(C)Nc2cc(NN)ncn2)c(C)o1. The van der Waals surface area contributed by atoms with E-state index in [0.29, 0.717) is 11.6 Å². The second-order valence-electron chi connectivity index (χ2n) is 4.17. The van der Waals surface area contributed by atoms with Crippen molar-refractivity contribution in [1.29, 1.82) is 0 Å². The fourth-order valence-electron chi connectivity index (χ4n) is 1.90. The van der Waals surface area contributed by atoms with Crippen LogP contribution in [-0.4, -0.2) is 9.97 Å². The van der Waals surface area contributed by atoms with E-state index in [9.17, 15) is 0 Å². The number of hydrazine groups is 1. The van der Waals surface area contributed by atoms with Crippen LogP contribution in [0.3, 0.4) is 0 Å². The molecule has 2 rings (SSSR count). The maximum absolute atomic E-state index is 5.51. The number of nitrogens with zero attached hydrogens (tertiary/aromatic N) is 2. The number of hydrogen-bond acceptors (Lipinski definition) is 6. The van der Waals surface area contributed by atoms with E-state index in [1.54, 1.807) is 6.07 Å². The molecule has 0 saturated carbocycles. The lowest BCUT2D eigenvalue weighted by molar-refractivity contribution is 0.500. The summed E-state index contributed by atoms with van der Waals surface area (Å²) >= 11 is 0. The number of aromatic nitrogens is 2. The summed E-state index contributed by atoms with van der Waals surface area (Å²) in [5, 5.41) is 3.28. The molecule has 2 aromatic heterocycles. The fourth-order valence-corrected chi connectivity index (χ4v) is 1.90. The van der Waals surface area contributed by atoms with Crippen LogP contribution in [0, 0.1) is 13.8 Å². The molecule has 2 aromatic rings. The van der Waals surface area contributed by atoms with Crippen molar-refractivity contribution in [2.24, 2.45) is 5.84 Å². The third kappa shape index (κ3) is 2.60. The lowest BCUT2D eigenvalue weighted by Crippen LogP contribution is -2.11. The van der Waals surface area contributed by atoms with E-state index in [2.05, 4.69) is 27.6 Å². The molecule has 0 radical (unpaired) electrons. The number of hydrogen-bond donors (Lipinski definition) is 3. The van der Waals surface area contributed by atoms with Crippen molar-refractivity contribution in [2.75, 3.05) is 10.7 Å². The summed E-state index contributed by atoms with van der Waals surface area (Å²) in [7, 11) is 0. The largest absolute Gasteiger partial charge is 0.466 e. The van der Waals surface area contributed by atoms with Crippen LogP contribution in [0.2, 0.25) is 0 Å². The zero-order valence-corrected chi connectivity index (χ0v) is 10.7. The van der Waals surface area contributed by atoms with Gasteiger partial charge in [0.1, 0.15) is 29.5 Å². The van der Waals surface area contributed by atoms with Gasteiger partial charge in [-0.1, -0.05) is 0 Å². The number of nitrogens with two attached hydrogens (primary N) is 1. The molecule has 1 atom stereocenters. The van der Waals surface area contributed by atoms with Crippen molar-refractivity contribution >= 4 is 11.6 Å².